The van der Waals surface area contributed by atoms with Gasteiger partial charge in [-0.25, -0.2) is 4.79 Å². The van der Waals surface area contributed by atoms with Crippen LogP contribution in [0.3, 0.4) is 0 Å². The van der Waals surface area contributed by atoms with Gasteiger partial charge in [-0.1, -0.05) is 0 Å². The van der Waals surface area contributed by atoms with E-state index in [-0.39, 0.29) is 11.9 Å². The number of carboxylic acids is 1. The fourth-order valence-corrected chi connectivity index (χ4v) is 1.84. The van der Waals surface area contributed by atoms with Gasteiger partial charge < -0.3 is 10.0 Å². The highest BCUT2D eigenvalue weighted by atomic mass is 16.4. The number of hydrogen-bond acceptors (Lipinski definition) is 3. The molecule has 6 heteroatoms. The summed E-state index contributed by atoms with van der Waals surface area (Å²) in [7, 11) is 0. The zero-order chi connectivity index (χ0) is 12.6. The van der Waals surface area contributed by atoms with Crippen LogP contribution >= 0.6 is 0 Å². The normalized spacial score (nSPS) is 16.6. The van der Waals surface area contributed by atoms with Crippen molar-refractivity contribution in [3.63, 3.8) is 0 Å². The van der Waals surface area contributed by atoms with Gasteiger partial charge in [0.15, 0.2) is 0 Å². The van der Waals surface area contributed by atoms with Crippen LogP contribution in [0, 0.1) is 6.92 Å². The molecule has 0 bridgehead atoms. The minimum atomic E-state index is -0.980. The van der Waals surface area contributed by atoms with Crippen molar-refractivity contribution in [2.24, 2.45) is 0 Å². The highest BCUT2D eigenvalue weighted by Crippen LogP contribution is 2.30. The zero-order valence-electron chi connectivity index (χ0n) is 9.80. The van der Waals surface area contributed by atoms with Gasteiger partial charge in [0, 0.05) is 11.7 Å². The molecule has 1 aromatic rings. The third-order valence-electron chi connectivity index (χ3n) is 3.01. The first kappa shape index (κ1) is 11.6. The van der Waals surface area contributed by atoms with Gasteiger partial charge in [-0.2, -0.15) is 5.10 Å². The first-order valence-corrected chi connectivity index (χ1v) is 5.57. The Kier molecular flexibility index (Phi) is 2.87. The number of aromatic nitrogens is 2. The third kappa shape index (κ3) is 2.15. The van der Waals surface area contributed by atoms with E-state index in [9.17, 15) is 9.59 Å². The van der Waals surface area contributed by atoms with Crippen molar-refractivity contribution >= 4 is 11.9 Å². The molecule has 1 atom stereocenters. The zero-order valence-corrected chi connectivity index (χ0v) is 9.80. The molecule has 0 spiro atoms. The molecule has 0 radical (unpaired) electrons. The highest BCUT2D eigenvalue weighted by Gasteiger charge is 2.39. The molecule has 1 fully saturated rings. The lowest BCUT2D eigenvalue weighted by molar-refractivity contribution is -0.141. The second-order valence-electron chi connectivity index (χ2n) is 4.37. The number of aryl methyl sites for hydroxylation is 1. The molecule has 1 amide bonds. The summed E-state index contributed by atoms with van der Waals surface area (Å²) in [6.45, 7) is 3.28. The molecule has 1 aromatic heterocycles. The van der Waals surface area contributed by atoms with Crippen molar-refractivity contribution < 1.29 is 14.7 Å². The van der Waals surface area contributed by atoms with Gasteiger partial charge in [0.25, 0.3) is 5.91 Å². The van der Waals surface area contributed by atoms with Crippen LogP contribution in [0.25, 0.3) is 0 Å². The Morgan fingerprint density at radius 1 is 1.59 bits per heavy atom. The van der Waals surface area contributed by atoms with Crippen LogP contribution in [0.15, 0.2) is 6.20 Å². The van der Waals surface area contributed by atoms with Crippen LogP contribution in [0.1, 0.15) is 35.8 Å². The number of carbonyl (C=O) groups is 2. The van der Waals surface area contributed by atoms with E-state index >= 15 is 0 Å². The topological polar surface area (TPSA) is 86.3 Å². The summed E-state index contributed by atoms with van der Waals surface area (Å²) in [6.07, 6.45) is 3.20. The quantitative estimate of drug-likeness (QED) is 0.810. The molecule has 1 unspecified atom stereocenters. The number of H-pyrrole nitrogens is 1. The molecule has 2 N–H and O–H groups in total. The molecular weight excluding hydrogens is 222 g/mol. The Morgan fingerprint density at radius 2 is 2.24 bits per heavy atom. The largest absolute Gasteiger partial charge is 0.480 e. The Hall–Kier alpha value is -1.85. The Labute approximate surface area is 98.6 Å². The van der Waals surface area contributed by atoms with E-state index in [1.54, 1.807) is 6.92 Å². The van der Waals surface area contributed by atoms with Crippen molar-refractivity contribution in [1.29, 1.82) is 0 Å². The molecule has 0 saturated heterocycles. The number of hydrogen-bond donors (Lipinski definition) is 2. The fourth-order valence-electron chi connectivity index (χ4n) is 1.84. The van der Waals surface area contributed by atoms with Gasteiger partial charge in [0.05, 0.1) is 11.8 Å². The van der Waals surface area contributed by atoms with E-state index in [0.717, 1.165) is 12.8 Å². The van der Waals surface area contributed by atoms with Crippen molar-refractivity contribution in [3.05, 3.63) is 17.5 Å². The molecule has 1 saturated carbocycles. The maximum atomic E-state index is 12.3. The number of carboxylic acid groups (broad SMARTS) is 1. The van der Waals surface area contributed by atoms with E-state index in [1.165, 1.54) is 18.0 Å². The minimum absolute atomic E-state index is 0.0582. The molecular formula is C11H15N3O3. The maximum absolute atomic E-state index is 12.3. The first-order valence-electron chi connectivity index (χ1n) is 5.57. The summed E-state index contributed by atoms with van der Waals surface area (Å²) >= 11 is 0. The van der Waals surface area contributed by atoms with Gasteiger partial charge in [-0.3, -0.25) is 9.89 Å². The van der Waals surface area contributed by atoms with Crippen LogP contribution in [0.5, 0.6) is 0 Å². The van der Waals surface area contributed by atoms with E-state index in [2.05, 4.69) is 10.2 Å². The number of carbonyl (C=O) groups excluding carboxylic acids is 1. The smallest absolute Gasteiger partial charge is 0.326 e. The summed E-state index contributed by atoms with van der Waals surface area (Å²) in [4.78, 5) is 24.7. The lowest BCUT2D eigenvalue weighted by Gasteiger charge is -2.26. The minimum Gasteiger partial charge on any atom is -0.480 e. The molecule has 1 aliphatic rings. The lowest BCUT2D eigenvalue weighted by atomic mass is 10.2. The van der Waals surface area contributed by atoms with Crippen LogP contribution < -0.4 is 0 Å². The molecule has 6 nitrogen and oxygen atoms in total. The van der Waals surface area contributed by atoms with E-state index in [0.29, 0.717) is 11.3 Å². The van der Waals surface area contributed by atoms with Crippen molar-refractivity contribution in [2.75, 3.05) is 0 Å². The summed E-state index contributed by atoms with van der Waals surface area (Å²) in [5, 5.41) is 15.5. The average Bonchev–Trinajstić information content (AvgIpc) is 3.00. The molecule has 1 aliphatic carbocycles. The highest BCUT2D eigenvalue weighted by molar-refractivity contribution is 5.97. The second kappa shape index (κ2) is 4.20. The number of nitrogens with zero attached hydrogens (tertiary/aromatic N) is 2. The van der Waals surface area contributed by atoms with Crippen LogP contribution in [0.4, 0.5) is 0 Å². The number of aliphatic carboxylic acids is 1. The molecule has 17 heavy (non-hydrogen) atoms. The average molecular weight is 237 g/mol. The summed E-state index contributed by atoms with van der Waals surface area (Å²) < 4.78 is 0. The van der Waals surface area contributed by atoms with E-state index in [4.69, 9.17) is 5.11 Å². The number of aromatic amines is 1. The predicted molar refractivity (Wildman–Crippen MR) is 59.6 cm³/mol. The third-order valence-corrected chi connectivity index (χ3v) is 3.01. The Morgan fingerprint density at radius 3 is 2.65 bits per heavy atom. The Balaban J connectivity index is 2.25. The van der Waals surface area contributed by atoms with Crippen molar-refractivity contribution in [3.8, 4) is 0 Å². The molecule has 2 rings (SSSR count). The Bertz CT molecular complexity index is 451. The summed E-state index contributed by atoms with van der Waals surface area (Å²) in [5.74, 6) is -1.24. The standard InChI is InChI=1S/C11H15N3O3/c1-6-9(5-12-13-6)10(15)14(8-3-4-8)7(2)11(16)17/h5,7-8H,3-4H2,1-2H3,(H,12,13)(H,16,17). The molecule has 0 aromatic carbocycles. The summed E-state index contributed by atoms with van der Waals surface area (Å²) in [6, 6.07) is -0.743. The molecule has 1 heterocycles. The van der Waals surface area contributed by atoms with Gasteiger partial charge in [-0.15, -0.1) is 0 Å². The van der Waals surface area contributed by atoms with Crippen LogP contribution in [0.2, 0.25) is 0 Å². The van der Waals surface area contributed by atoms with E-state index < -0.39 is 12.0 Å². The van der Waals surface area contributed by atoms with Gasteiger partial charge in [-0.05, 0) is 26.7 Å². The van der Waals surface area contributed by atoms with Gasteiger partial charge >= 0.3 is 5.97 Å². The van der Waals surface area contributed by atoms with Crippen molar-refractivity contribution in [1.82, 2.24) is 15.1 Å². The first-order chi connectivity index (χ1) is 8.02. The lowest BCUT2D eigenvalue weighted by Crippen LogP contribution is -2.44. The fraction of sp³-hybridized carbons (Fsp3) is 0.545. The monoisotopic (exact) mass is 237 g/mol. The molecule has 0 aliphatic heterocycles. The van der Waals surface area contributed by atoms with Crippen LogP contribution in [-0.4, -0.2) is 44.2 Å². The maximum Gasteiger partial charge on any atom is 0.326 e. The van der Waals surface area contributed by atoms with E-state index in [1.807, 2.05) is 0 Å². The second-order valence-corrected chi connectivity index (χ2v) is 4.37. The molecule has 92 valence electrons. The SMILES string of the molecule is Cc1[nH]ncc1C(=O)N(C1CC1)C(C)C(=O)O. The van der Waals surface area contributed by atoms with Crippen LogP contribution in [-0.2, 0) is 4.79 Å². The van der Waals surface area contributed by atoms with Crippen molar-refractivity contribution in [2.45, 2.75) is 38.8 Å². The number of rotatable bonds is 4. The number of amides is 1. The van der Waals surface area contributed by atoms with Gasteiger partial charge in [0.1, 0.15) is 6.04 Å². The summed E-state index contributed by atoms with van der Waals surface area (Å²) in [5.41, 5.74) is 1.11. The predicted octanol–water partition coefficient (Wildman–Crippen LogP) is 0.796. The van der Waals surface area contributed by atoms with Gasteiger partial charge in [0.2, 0.25) is 0 Å². The number of nitrogens with one attached hydrogen (secondary N) is 1.